The monoisotopic (exact) mass is 406 g/mol. The van der Waals surface area contributed by atoms with E-state index in [4.69, 9.17) is 9.47 Å². The Hall–Kier alpha value is -2.35. The highest BCUT2D eigenvalue weighted by atomic mass is 79.9. The van der Waals surface area contributed by atoms with Gasteiger partial charge in [0.2, 0.25) is 0 Å². The number of carbonyl (C=O) groups is 1. The van der Waals surface area contributed by atoms with E-state index in [1.807, 2.05) is 38.1 Å². The zero-order valence-electron chi connectivity index (χ0n) is 14.2. The van der Waals surface area contributed by atoms with E-state index in [0.29, 0.717) is 30.5 Å². The van der Waals surface area contributed by atoms with Crippen LogP contribution in [0, 0.1) is 0 Å². The van der Waals surface area contributed by atoms with Crippen molar-refractivity contribution in [3.63, 3.8) is 0 Å². The molecule has 1 atom stereocenters. The summed E-state index contributed by atoms with van der Waals surface area (Å²) in [7, 11) is 3.73. The number of nitrogens with zero attached hydrogens (tertiary/aromatic N) is 3. The second kappa shape index (κ2) is 7.26. The summed E-state index contributed by atoms with van der Waals surface area (Å²) >= 11 is 3.53. The first kappa shape index (κ1) is 17.5. The minimum atomic E-state index is -0.285. The number of rotatable bonds is 4. The third kappa shape index (κ3) is 3.84. The van der Waals surface area contributed by atoms with Crippen LogP contribution < -0.4 is 19.7 Å². The van der Waals surface area contributed by atoms with Crippen LogP contribution in [0.3, 0.4) is 0 Å². The largest absolute Gasteiger partial charge is 0.486 e. The van der Waals surface area contributed by atoms with Gasteiger partial charge in [0.05, 0.1) is 6.04 Å². The van der Waals surface area contributed by atoms with Gasteiger partial charge in [0, 0.05) is 18.6 Å². The second-order valence-electron chi connectivity index (χ2n) is 5.88. The number of carbonyl (C=O) groups excluding carboxylic acids is 1. The normalized spacial score (nSPS) is 13.9. The van der Waals surface area contributed by atoms with Crippen LogP contribution in [0.25, 0.3) is 0 Å². The first-order valence-corrected chi connectivity index (χ1v) is 8.66. The summed E-state index contributed by atoms with van der Waals surface area (Å²) in [4.78, 5) is 14.2. The number of halogens is 1. The summed E-state index contributed by atoms with van der Waals surface area (Å²) in [5.74, 6) is 1.79. The van der Waals surface area contributed by atoms with Gasteiger partial charge in [0.1, 0.15) is 13.2 Å². The Kier molecular flexibility index (Phi) is 5.08. The van der Waals surface area contributed by atoms with Gasteiger partial charge in [0.25, 0.3) is 5.91 Å². The lowest BCUT2D eigenvalue weighted by Gasteiger charge is -2.22. The molecule has 0 saturated heterocycles. The van der Waals surface area contributed by atoms with Crippen LogP contribution in [-0.2, 0) is 0 Å². The Bertz CT molecular complexity index is 780. The van der Waals surface area contributed by atoms with Crippen LogP contribution in [0.2, 0.25) is 0 Å². The number of amides is 1. The van der Waals surface area contributed by atoms with Crippen molar-refractivity contribution < 1.29 is 14.3 Å². The Morgan fingerprint density at radius 1 is 1.20 bits per heavy atom. The van der Waals surface area contributed by atoms with Gasteiger partial charge in [-0.05, 0) is 36.8 Å². The maximum Gasteiger partial charge on any atom is 0.272 e. The molecular weight excluding hydrogens is 388 g/mol. The number of hydrogen-bond donors (Lipinski definition) is 1. The molecule has 0 aliphatic carbocycles. The van der Waals surface area contributed by atoms with Crippen molar-refractivity contribution in [3.05, 3.63) is 40.0 Å². The molecule has 2 heterocycles. The zero-order chi connectivity index (χ0) is 18.0. The van der Waals surface area contributed by atoms with Crippen molar-refractivity contribution >= 4 is 27.7 Å². The second-order valence-corrected chi connectivity index (χ2v) is 6.74. The molecule has 0 spiro atoms. The van der Waals surface area contributed by atoms with Gasteiger partial charge in [-0.2, -0.15) is 0 Å². The third-order valence-electron chi connectivity index (χ3n) is 3.82. The summed E-state index contributed by atoms with van der Waals surface area (Å²) in [5, 5.41) is 10.9. The minimum absolute atomic E-state index is 0.243. The molecule has 0 radical (unpaired) electrons. The maximum atomic E-state index is 12.4. The van der Waals surface area contributed by atoms with Crippen LogP contribution >= 0.6 is 15.9 Å². The SMILES string of the molecule is CC(NC(=O)c1ccc(N(C)C)nn1)c1cc2c(cc1Br)OCCO2. The van der Waals surface area contributed by atoms with E-state index in [0.717, 1.165) is 10.0 Å². The topological polar surface area (TPSA) is 76.6 Å². The lowest BCUT2D eigenvalue weighted by molar-refractivity contribution is 0.0933. The maximum absolute atomic E-state index is 12.4. The molecule has 3 rings (SSSR count). The van der Waals surface area contributed by atoms with Gasteiger partial charge in [-0.15, -0.1) is 10.2 Å². The van der Waals surface area contributed by atoms with Crippen LogP contribution in [0.15, 0.2) is 28.7 Å². The van der Waals surface area contributed by atoms with Gasteiger partial charge >= 0.3 is 0 Å². The van der Waals surface area contributed by atoms with Crippen molar-refractivity contribution in [2.24, 2.45) is 0 Å². The summed E-state index contributed by atoms with van der Waals surface area (Å²) in [6, 6.07) is 6.91. The number of hydrogen-bond acceptors (Lipinski definition) is 6. The lowest BCUT2D eigenvalue weighted by atomic mass is 10.1. The van der Waals surface area contributed by atoms with Gasteiger partial charge < -0.3 is 19.7 Å². The van der Waals surface area contributed by atoms with Crippen LogP contribution in [0.4, 0.5) is 5.82 Å². The minimum Gasteiger partial charge on any atom is -0.486 e. The summed E-state index contributed by atoms with van der Waals surface area (Å²) < 4.78 is 12.0. The number of fused-ring (bicyclic) bond motifs is 1. The number of benzene rings is 1. The van der Waals surface area contributed by atoms with E-state index >= 15 is 0 Å². The molecule has 1 unspecified atom stereocenters. The fourth-order valence-corrected chi connectivity index (χ4v) is 3.11. The molecule has 1 aromatic heterocycles. The molecule has 132 valence electrons. The molecule has 25 heavy (non-hydrogen) atoms. The summed E-state index contributed by atoms with van der Waals surface area (Å²) in [6.07, 6.45) is 0. The molecule has 1 amide bonds. The zero-order valence-corrected chi connectivity index (χ0v) is 15.8. The number of ether oxygens (including phenoxy) is 2. The van der Waals surface area contributed by atoms with Crippen molar-refractivity contribution in [2.45, 2.75) is 13.0 Å². The number of anilines is 1. The molecule has 1 aliphatic rings. The average Bonchev–Trinajstić information content (AvgIpc) is 2.61. The summed E-state index contributed by atoms with van der Waals surface area (Å²) in [5.41, 5.74) is 1.17. The fraction of sp³-hybridized carbons (Fsp3) is 0.353. The molecule has 0 fully saturated rings. The highest BCUT2D eigenvalue weighted by Gasteiger charge is 2.20. The Morgan fingerprint density at radius 3 is 2.48 bits per heavy atom. The van der Waals surface area contributed by atoms with Gasteiger partial charge in [-0.1, -0.05) is 15.9 Å². The Morgan fingerprint density at radius 2 is 1.88 bits per heavy atom. The predicted molar refractivity (Wildman–Crippen MR) is 97.4 cm³/mol. The fourth-order valence-electron chi connectivity index (χ4n) is 2.44. The lowest BCUT2D eigenvalue weighted by Crippen LogP contribution is -2.28. The Balaban J connectivity index is 1.75. The van der Waals surface area contributed by atoms with Crippen molar-refractivity contribution in [3.8, 4) is 11.5 Å². The van der Waals surface area contributed by atoms with E-state index < -0.39 is 0 Å². The number of aromatic nitrogens is 2. The molecule has 8 heteroatoms. The van der Waals surface area contributed by atoms with Crippen LogP contribution in [0.5, 0.6) is 11.5 Å². The molecule has 0 bridgehead atoms. The van der Waals surface area contributed by atoms with Crippen molar-refractivity contribution in [1.29, 1.82) is 0 Å². The summed E-state index contributed by atoms with van der Waals surface area (Å²) in [6.45, 7) is 2.95. The highest BCUT2D eigenvalue weighted by molar-refractivity contribution is 9.10. The third-order valence-corrected chi connectivity index (χ3v) is 4.50. The molecule has 1 N–H and O–H groups in total. The molecule has 7 nitrogen and oxygen atoms in total. The van der Waals surface area contributed by atoms with E-state index in [9.17, 15) is 4.79 Å². The molecule has 0 saturated carbocycles. The molecule has 1 aromatic carbocycles. The quantitative estimate of drug-likeness (QED) is 0.840. The first-order valence-electron chi connectivity index (χ1n) is 7.86. The molecular formula is C17H19BrN4O3. The standard InChI is InChI=1S/C17H19BrN4O3/c1-10(11-8-14-15(9-12(11)18)25-7-6-24-14)19-17(23)13-4-5-16(21-20-13)22(2)3/h4-5,8-10H,6-7H2,1-3H3,(H,19,23). The van der Waals surface area contributed by atoms with Crippen LogP contribution in [0.1, 0.15) is 29.0 Å². The number of nitrogens with one attached hydrogen (secondary N) is 1. The van der Waals surface area contributed by atoms with Gasteiger partial charge in [-0.25, -0.2) is 0 Å². The van der Waals surface area contributed by atoms with E-state index in [2.05, 4.69) is 31.4 Å². The van der Waals surface area contributed by atoms with Gasteiger partial charge in [0.15, 0.2) is 23.0 Å². The highest BCUT2D eigenvalue weighted by Crippen LogP contribution is 2.37. The van der Waals surface area contributed by atoms with Crippen molar-refractivity contribution in [2.75, 3.05) is 32.2 Å². The first-order chi connectivity index (χ1) is 12.0. The molecule has 1 aliphatic heterocycles. The average molecular weight is 407 g/mol. The van der Waals surface area contributed by atoms with Crippen LogP contribution in [-0.4, -0.2) is 43.4 Å². The molecule has 2 aromatic rings. The van der Waals surface area contributed by atoms with Gasteiger partial charge in [-0.3, -0.25) is 4.79 Å². The van der Waals surface area contributed by atoms with E-state index in [1.54, 1.807) is 12.1 Å². The van der Waals surface area contributed by atoms with Crippen molar-refractivity contribution in [1.82, 2.24) is 15.5 Å². The van der Waals surface area contributed by atoms with E-state index in [1.165, 1.54) is 0 Å². The Labute approximate surface area is 154 Å². The van der Waals surface area contributed by atoms with E-state index in [-0.39, 0.29) is 17.6 Å². The smallest absolute Gasteiger partial charge is 0.272 e. The predicted octanol–water partition coefficient (Wildman–Crippen LogP) is 2.57.